The molecule has 0 aromatic carbocycles. The molecule has 14 heavy (non-hydrogen) atoms. The van der Waals surface area contributed by atoms with E-state index in [1.807, 2.05) is 12.2 Å². The van der Waals surface area contributed by atoms with Crippen LogP contribution in [0.5, 0.6) is 0 Å². The molecule has 4 heteroatoms. The number of halogens is 3. The summed E-state index contributed by atoms with van der Waals surface area (Å²) in [7, 11) is 0. The molecule has 0 spiro atoms. The third-order valence-electron chi connectivity index (χ3n) is 0.586. The van der Waals surface area contributed by atoms with E-state index < -0.39 is 0 Å². The van der Waals surface area contributed by atoms with Gasteiger partial charge in [0.15, 0.2) is 0 Å². The van der Waals surface area contributed by atoms with Gasteiger partial charge in [-0.15, -0.1) is 43.6 Å². The van der Waals surface area contributed by atoms with Crippen LogP contribution in [0.2, 0.25) is 0 Å². The molecule has 0 saturated carbocycles. The van der Waals surface area contributed by atoms with Crippen molar-refractivity contribution in [2.24, 2.45) is 0 Å². The Balaban J connectivity index is -0.00000000397. The molecular formula is C10H23Cl3Hf-6. The maximum absolute atomic E-state index is 2.99. The Labute approximate surface area is 130 Å². The van der Waals surface area contributed by atoms with Crippen LogP contribution in [0.4, 0.5) is 0 Å². The fraction of sp³-hybridized carbons (Fsp3) is 0.100. The minimum atomic E-state index is 0. The van der Waals surface area contributed by atoms with Crippen LogP contribution in [0.1, 0.15) is 6.42 Å². The molecule has 0 aromatic heterocycles. The quantitative estimate of drug-likeness (QED) is 0.384. The van der Waals surface area contributed by atoms with E-state index in [1.54, 1.807) is 0 Å². The van der Waals surface area contributed by atoms with Gasteiger partial charge in [-0.2, -0.15) is 6.08 Å². The van der Waals surface area contributed by atoms with Crippen molar-refractivity contribution in [3.63, 3.8) is 0 Å². The van der Waals surface area contributed by atoms with Gasteiger partial charge in [0.05, 0.1) is 0 Å². The first-order chi connectivity index (χ1) is 2.50. The topological polar surface area (TPSA) is 0 Å². The zero-order chi connectivity index (χ0) is 3.54. The Morgan fingerprint density at radius 3 is 1.21 bits per heavy atom. The average molecular weight is 428 g/mol. The fourth-order valence-corrected chi connectivity index (χ4v) is 0.340. The first kappa shape index (κ1) is 79.5. The summed E-state index contributed by atoms with van der Waals surface area (Å²) in [5, 5.41) is 0. The normalized spacial score (nSPS) is 6.29. The zero-order valence-corrected chi connectivity index (χ0v) is 15.7. The Morgan fingerprint density at radius 2 is 1.14 bits per heavy atom. The van der Waals surface area contributed by atoms with E-state index in [0.717, 1.165) is 6.42 Å². The summed E-state index contributed by atoms with van der Waals surface area (Å²) in [6, 6.07) is 0. The molecule has 0 aliphatic heterocycles. The van der Waals surface area contributed by atoms with Crippen LogP contribution < -0.4 is 0 Å². The van der Waals surface area contributed by atoms with Crippen molar-refractivity contribution in [1.29, 1.82) is 0 Å². The molecule has 0 bridgehead atoms. The molecule has 0 atom stereocenters. The van der Waals surface area contributed by atoms with Crippen LogP contribution in [0.3, 0.4) is 0 Å². The van der Waals surface area contributed by atoms with Crippen molar-refractivity contribution >= 4 is 37.2 Å². The number of hydrogen-bond donors (Lipinski definition) is 0. The maximum atomic E-state index is 2.99. The van der Waals surface area contributed by atoms with Crippen molar-refractivity contribution in [1.82, 2.24) is 0 Å². The predicted octanol–water partition coefficient (Wildman–Crippen LogP) is 4.82. The second-order valence-corrected chi connectivity index (χ2v) is 1.00. The van der Waals surface area contributed by atoms with Crippen LogP contribution in [0.15, 0.2) is 18.2 Å². The van der Waals surface area contributed by atoms with Crippen LogP contribution in [0, 0.1) is 43.2 Å². The van der Waals surface area contributed by atoms with Gasteiger partial charge in [-0.05, 0) is 0 Å². The molecule has 0 fully saturated rings. The zero-order valence-electron chi connectivity index (χ0n) is 9.66. The standard InChI is InChI=1S/C5H5.5CH3.3ClH.Hf/c1-2-4-5-3-1;;;;;;;;;/h1-3H,4H2;5*1H3;3*1H;/q6*-1;;;;. The second kappa shape index (κ2) is 64.2. The van der Waals surface area contributed by atoms with Gasteiger partial charge in [0.2, 0.25) is 0 Å². The molecule has 94 valence electrons. The third-order valence-corrected chi connectivity index (χ3v) is 0.586. The monoisotopic (exact) mass is 428 g/mol. The van der Waals surface area contributed by atoms with Gasteiger partial charge in [0.25, 0.3) is 0 Å². The Bertz CT molecular complexity index is 73.4. The van der Waals surface area contributed by atoms with E-state index in [0.29, 0.717) is 0 Å². The Kier molecular flexibility index (Phi) is 365. The van der Waals surface area contributed by atoms with Gasteiger partial charge in [-0.1, -0.05) is 0 Å². The summed E-state index contributed by atoms with van der Waals surface area (Å²) in [4.78, 5) is 0. The van der Waals surface area contributed by atoms with E-state index >= 15 is 0 Å². The smallest absolute Gasteiger partial charge is 0 e. The van der Waals surface area contributed by atoms with E-state index in [4.69, 9.17) is 0 Å². The first-order valence-electron chi connectivity index (χ1n) is 1.72. The van der Waals surface area contributed by atoms with Gasteiger partial charge in [-0.25, -0.2) is 12.2 Å². The molecule has 0 N–H and O–H groups in total. The molecular weight excluding hydrogens is 405 g/mol. The molecule has 0 saturated heterocycles. The summed E-state index contributed by atoms with van der Waals surface area (Å²) in [5.74, 6) is 0. The third kappa shape index (κ3) is 51.0. The summed E-state index contributed by atoms with van der Waals surface area (Å²) in [6.45, 7) is 0. The molecule has 1 aliphatic carbocycles. The van der Waals surface area contributed by atoms with Gasteiger partial charge in [0, 0.05) is 25.8 Å². The van der Waals surface area contributed by atoms with E-state index in [-0.39, 0.29) is 100 Å². The summed E-state index contributed by atoms with van der Waals surface area (Å²) >= 11 is 0. The predicted molar refractivity (Wildman–Crippen MR) is 75.4 cm³/mol. The number of allylic oxidation sites excluding steroid dienone is 4. The molecule has 0 nitrogen and oxygen atoms in total. The van der Waals surface area contributed by atoms with Gasteiger partial charge in [-0.3, -0.25) is 6.08 Å². The molecule has 0 amide bonds. The van der Waals surface area contributed by atoms with Crippen molar-refractivity contribution in [2.75, 3.05) is 0 Å². The van der Waals surface area contributed by atoms with E-state index in [1.165, 1.54) is 0 Å². The summed E-state index contributed by atoms with van der Waals surface area (Å²) < 4.78 is 0. The minimum Gasteiger partial charge on any atom is -0.358 e. The molecule has 1 aliphatic rings. The van der Waals surface area contributed by atoms with Gasteiger partial charge >= 0.3 is 0 Å². The van der Waals surface area contributed by atoms with Crippen molar-refractivity contribution in [3.8, 4) is 0 Å². The van der Waals surface area contributed by atoms with Crippen LogP contribution in [-0.2, 0) is 25.8 Å². The van der Waals surface area contributed by atoms with Gasteiger partial charge in [0.1, 0.15) is 0 Å². The fourth-order valence-electron chi connectivity index (χ4n) is 0.340. The minimum absolute atomic E-state index is 0. The first-order valence-corrected chi connectivity index (χ1v) is 1.72. The van der Waals surface area contributed by atoms with Crippen LogP contribution in [0.25, 0.3) is 0 Å². The molecule has 0 unspecified atom stereocenters. The number of rotatable bonds is 0. The van der Waals surface area contributed by atoms with E-state index in [9.17, 15) is 0 Å². The van der Waals surface area contributed by atoms with Gasteiger partial charge < -0.3 is 37.1 Å². The molecule has 1 rings (SSSR count). The number of hydrogen-bond acceptors (Lipinski definition) is 0. The maximum Gasteiger partial charge on any atom is 0 e. The Hall–Kier alpha value is 1.22. The van der Waals surface area contributed by atoms with Crippen molar-refractivity contribution in [2.45, 2.75) is 6.42 Å². The summed E-state index contributed by atoms with van der Waals surface area (Å²) in [6.07, 6.45) is 10.0. The van der Waals surface area contributed by atoms with Crippen LogP contribution in [-0.4, -0.2) is 0 Å². The van der Waals surface area contributed by atoms with E-state index in [2.05, 4.69) is 12.2 Å². The van der Waals surface area contributed by atoms with Crippen molar-refractivity contribution < 1.29 is 25.8 Å². The summed E-state index contributed by atoms with van der Waals surface area (Å²) in [5.41, 5.74) is 0. The molecule has 0 radical (unpaired) electrons. The van der Waals surface area contributed by atoms with Crippen molar-refractivity contribution in [3.05, 3.63) is 61.4 Å². The van der Waals surface area contributed by atoms with Crippen LogP contribution >= 0.6 is 37.2 Å². The SMILES string of the molecule is Cl.Cl.Cl.[C-]1=CC=CC1.[CH3-].[CH3-].[CH3-].[CH3-].[CH3-].[Hf]. The largest absolute Gasteiger partial charge is 0.358 e. The Morgan fingerprint density at radius 1 is 0.786 bits per heavy atom. The molecule has 0 aromatic rings. The average Bonchev–Trinajstić information content (AvgIpc) is 1.76. The second-order valence-electron chi connectivity index (χ2n) is 1.00. The molecule has 0 heterocycles.